The molecule has 0 unspecified atom stereocenters. The van der Waals surface area contributed by atoms with E-state index in [2.05, 4.69) is 4.98 Å². The first kappa shape index (κ1) is 17.0. The molecule has 0 aliphatic carbocycles. The van der Waals surface area contributed by atoms with Gasteiger partial charge in [-0.25, -0.2) is 18.2 Å². The van der Waals surface area contributed by atoms with Crippen molar-refractivity contribution in [2.45, 2.75) is 11.4 Å². The molecule has 3 rings (SSSR count). The Bertz CT molecular complexity index is 1090. The number of aromatic nitrogens is 3. The van der Waals surface area contributed by atoms with Gasteiger partial charge in [0, 0.05) is 19.3 Å². The van der Waals surface area contributed by atoms with Crippen molar-refractivity contribution in [3.05, 3.63) is 57.1 Å². The van der Waals surface area contributed by atoms with Crippen LogP contribution in [0.25, 0.3) is 11.2 Å². The average Bonchev–Trinajstić information content (AvgIpc) is 2.83. The van der Waals surface area contributed by atoms with Crippen LogP contribution in [0.1, 0.15) is 0 Å². The van der Waals surface area contributed by atoms with Gasteiger partial charge in [0.2, 0.25) is 0 Å². The zero-order valence-electron chi connectivity index (χ0n) is 12.2. The van der Waals surface area contributed by atoms with Crippen LogP contribution in [0.5, 0.6) is 0 Å². The van der Waals surface area contributed by atoms with E-state index in [-0.39, 0.29) is 39.2 Å². The molecular weight excluding hydrogens is 375 g/mol. The van der Waals surface area contributed by atoms with E-state index in [1.807, 2.05) is 0 Å². The second-order valence-corrected chi connectivity index (χ2v) is 7.43. The second kappa shape index (κ2) is 6.21. The number of hydrogen-bond donors (Lipinski definition) is 1. The lowest BCUT2D eigenvalue weighted by Crippen LogP contribution is -2.31. The fraction of sp³-hybridized carbons (Fsp3) is 0.143. The predicted octanol–water partition coefficient (Wildman–Crippen LogP) is 1.70. The fourth-order valence-corrected chi connectivity index (χ4v) is 4.54. The van der Waals surface area contributed by atoms with E-state index in [4.69, 9.17) is 28.9 Å². The van der Waals surface area contributed by atoms with Crippen molar-refractivity contribution in [1.29, 1.82) is 0 Å². The van der Waals surface area contributed by atoms with Gasteiger partial charge in [-0.15, -0.1) is 0 Å². The Morgan fingerprint density at radius 2 is 1.92 bits per heavy atom. The monoisotopic (exact) mass is 386 g/mol. The molecule has 126 valence electrons. The van der Waals surface area contributed by atoms with Crippen LogP contribution in [0.2, 0.25) is 10.0 Å². The van der Waals surface area contributed by atoms with Gasteiger partial charge in [0.15, 0.2) is 5.65 Å². The van der Waals surface area contributed by atoms with Gasteiger partial charge in [0.1, 0.15) is 10.4 Å². The maximum atomic E-state index is 13.0. The number of rotatable bonds is 4. The van der Waals surface area contributed by atoms with Crippen molar-refractivity contribution >= 4 is 44.4 Å². The normalized spacial score (nSPS) is 12.0. The van der Waals surface area contributed by atoms with Gasteiger partial charge in [-0.3, -0.25) is 4.57 Å². The van der Waals surface area contributed by atoms with E-state index in [1.54, 1.807) is 6.07 Å². The molecule has 0 spiro atoms. The van der Waals surface area contributed by atoms with Crippen LogP contribution in [-0.2, 0) is 16.6 Å². The lowest BCUT2D eigenvalue weighted by molar-refractivity contribution is 0.583. The summed E-state index contributed by atoms with van der Waals surface area (Å²) in [6, 6.07) is 7.24. The smallest absolute Gasteiger partial charge is 0.329 e. The fourth-order valence-electron chi connectivity index (χ4n) is 2.40. The molecule has 0 saturated heterocycles. The van der Waals surface area contributed by atoms with Crippen molar-refractivity contribution in [2.24, 2.45) is 5.73 Å². The number of halogens is 2. The van der Waals surface area contributed by atoms with Crippen LogP contribution >= 0.6 is 23.2 Å². The molecule has 2 N–H and O–H groups in total. The van der Waals surface area contributed by atoms with E-state index in [1.165, 1.54) is 35.0 Å². The first-order valence-corrected chi connectivity index (χ1v) is 9.05. The second-order valence-electron chi connectivity index (χ2n) is 4.89. The summed E-state index contributed by atoms with van der Waals surface area (Å²) in [6.45, 7) is 0.297. The van der Waals surface area contributed by atoms with Gasteiger partial charge in [0.25, 0.3) is 10.0 Å². The first-order valence-electron chi connectivity index (χ1n) is 6.85. The molecule has 10 heteroatoms. The van der Waals surface area contributed by atoms with E-state index >= 15 is 0 Å². The molecule has 24 heavy (non-hydrogen) atoms. The molecule has 0 amide bonds. The molecular formula is C14H12Cl2N4O3S. The third-order valence-electron chi connectivity index (χ3n) is 3.43. The molecule has 0 radical (unpaired) electrons. The number of imidazole rings is 1. The highest BCUT2D eigenvalue weighted by Gasteiger charge is 2.28. The highest BCUT2D eigenvalue weighted by atomic mass is 35.5. The van der Waals surface area contributed by atoms with Gasteiger partial charge in [-0.2, -0.15) is 3.97 Å². The Balaban J connectivity index is 2.40. The topological polar surface area (TPSA) is 100.0 Å². The summed E-state index contributed by atoms with van der Waals surface area (Å²) >= 11 is 11.9. The largest absolute Gasteiger partial charge is 0.344 e. The third kappa shape index (κ3) is 2.51. The lowest BCUT2D eigenvalue weighted by atomic mass is 10.4. The number of hydrogen-bond acceptors (Lipinski definition) is 5. The van der Waals surface area contributed by atoms with Gasteiger partial charge in [-0.05, 0) is 24.3 Å². The number of benzene rings is 1. The van der Waals surface area contributed by atoms with Gasteiger partial charge in [0.05, 0.1) is 10.0 Å². The molecule has 0 atom stereocenters. The number of pyridine rings is 1. The van der Waals surface area contributed by atoms with Crippen LogP contribution in [-0.4, -0.2) is 28.5 Å². The molecule has 3 aromatic rings. The maximum absolute atomic E-state index is 13.0. The summed E-state index contributed by atoms with van der Waals surface area (Å²) in [5.74, 6) is 0. The molecule has 0 bridgehead atoms. The maximum Gasteiger partial charge on any atom is 0.344 e. The molecule has 0 fully saturated rings. The summed E-state index contributed by atoms with van der Waals surface area (Å²) in [7, 11) is -4.26. The SMILES string of the molecule is NCCn1c(=O)n(S(=O)(=O)c2cccc(Cl)c2Cl)c2cccnc21. The minimum absolute atomic E-state index is 0.0783. The Labute approximate surface area is 147 Å². The van der Waals surface area contributed by atoms with Crippen LogP contribution in [0.3, 0.4) is 0 Å². The van der Waals surface area contributed by atoms with E-state index < -0.39 is 15.7 Å². The van der Waals surface area contributed by atoms with Crippen molar-refractivity contribution in [1.82, 2.24) is 13.5 Å². The molecule has 0 saturated carbocycles. The Hall–Kier alpha value is -1.87. The minimum atomic E-state index is -4.26. The Morgan fingerprint density at radius 3 is 2.62 bits per heavy atom. The third-order valence-corrected chi connectivity index (χ3v) is 6.09. The molecule has 1 aromatic carbocycles. The van der Waals surface area contributed by atoms with Crippen LogP contribution < -0.4 is 11.4 Å². The summed E-state index contributed by atoms with van der Waals surface area (Å²) in [4.78, 5) is 16.5. The quantitative estimate of drug-likeness (QED) is 0.735. The van der Waals surface area contributed by atoms with Crippen molar-refractivity contribution < 1.29 is 8.42 Å². The average molecular weight is 387 g/mol. The highest BCUT2D eigenvalue weighted by Crippen LogP contribution is 2.30. The molecule has 0 aliphatic heterocycles. The number of nitrogens with zero attached hydrogens (tertiary/aromatic N) is 3. The van der Waals surface area contributed by atoms with Crippen molar-refractivity contribution in [3.8, 4) is 0 Å². The zero-order chi connectivity index (χ0) is 17.5. The van der Waals surface area contributed by atoms with Gasteiger partial charge in [-0.1, -0.05) is 29.3 Å². The highest BCUT2D eigenvalue weighted by molar-refractivity contribution is 7.90. The number of nitrogens with two attached hydrogens (primary N) is 1. The summed E-state index contributed by atoms with van der Waals surface area (Å²) in [5, 5.41) is -0.0655. The molecule has 2 heterocycles. The Kier molecular flexibility index (Phi) is 4.39. The molecule has 2 aromatic heterocycles. The van der Waals surface area contributed by atoms with Crippen LogP contribution in [0.15, 0.2) is 46.2 Å². The minimum Gasteiger partial charge on any atom is -0.329 e. The summed E-state index contributed by atoms with van der Waals surface area (Å²) in [5.41, 5.74) is 5.13. The van der Waals surface area contributed by atoms with Crippen LogP contribution in [0, 0.1) is 0 Å². The number of fused-ring (bicyclic) bond motifs is 1. The standard InChI is InChI=1S/C14H12Cl2N4O3S/c15-9-3-1-5-11(12(9)16)24(22,23)20-10-4-2-7-18-13(10)19(8-6-17)14(20)21/h1-5,7H,6,8,17H2. The lowest BCUT2D eigenvalue weighted by Gasteiger charge is -2.08. The van der Waals surface area contributed by atoms with Crippen molar-refractivity contribution in [3.63, 3.8) is 0 Å². The predicted molar refractivity (Wildman–Crippen MR) is 92.1 cm³/mol. The summed E-state index contributed by atoms with van der Waals surface area (Å²) < 4.78 is 27.9. The Morgan fingerprint density at radius 1 is 1.17 bits per heavy atom. The molecule has 7 nitrogen and oxygen atoms in total. The van der Waals surface area contributed by atoms with Crippen molar-refractivity contribution in [2.75, 3.05) is 6.54 Å². The first-order chi connectivity index (χ1) is 11.4. The summed E-state index contributed by atoms with van der Waals surface area (Å²) in [6.07, 6.45) is 1.47. The zero-order valence-corrected chi connectivity index (χ0v) is 14.5. The van der Waals surface area contributed by atoms with E-state index in [0.29, 0.717) is 3.97 Å². The van der Waals surface area contributed by atoms with E-state index in [9.17, 15) is 13.2 Å². The van der Waals surface area contributed by atoms with Gasteiger partial charge < -0.3 is 5.73 Å². The van der Waals surface area contributed by atoms with Gasteiger partial charge >= 0.3 is 5.69 Å². The van der Waals surface area contributed by atoms with Crippen LogP contribution in [0.4, 0.5) is 0 Å². The molecule has 0 aliphatic rings. The van der Waals surface area contributed by atoms with E-state index in [0.717, 1.165) is 0 Å².